The number of nitrogens with one attached hydrogen (secondary N) is 1. The van der Waals surface area contributed by atoms with E-state index in [0.29, 0.717) is 6.04 Å². The Morgan fingerprint density at radius 2 is 2.05 bits per heavy atom. The number of hydrogen-bond acceptors (Lipinski definition) is 3. The number of ether oxygens (including phenoxy) is 1. The highest BCUT2D eigenvalue weighted by molar-refractivity contribution is 5.75. The van der Waals surface area contributed by atoms with Crippen molar-refractivity contribution in [3.63, 3.8) is 0 Å². The Morgan fingerprint density at radius 3 is 2.74 bits per heavy atom. The molecule has 3 unspecified atom stereocenters. The van der Waals surface area contributed by atoms with Crippen LogP contribution in [-0.4, -0.2) is 25.2 Å². The normalized spacial score (nSPS) is 33.2. The molecule has 2 aliphatic heterocycles. The van der Waals surface area contributed by atoms with Crippen molar-refractivity contribution in [3.8, 4) is 0 Å². The van der Waals surface area contributed by atoms with Crippen molar-refractivity contribution in [2.45, 2.75) is 37.3 Å². The number of halogens is 1. The standard InChI is InChI=1S/C15H18FNO2/c1-19-15(18)14-12(8-11-6-7-13(14)17-11)9-2-4-10(16)5-3-9/h2-5,11-14,17H,6-8H2,1H3/t11?,12-,13?,14?/m1/s1. The van der Waals surface area contributed by atoms with Crippen LogP contribution in [0.5, 0.6) is 0 Å². The average Bonchev–Trinajstić information content (AvgIpc) is 2.80. The summed E-state index contributed by atoms with van der Waals surface area (Å²) in [5.41, 5.74) is 1.04. The molecule has 19 heavy (non-hydrogen) atoms. The Hall–Kier alpha value is -1.42. The van der Waals surface area contributed by atoms with Crippen LogP contribution >= 0.6 is 0 Å². The molecule has 0 aliphatic carbocycles. The van der Waals surface area contributed by atoms with Crippen LogP contribution in [0.4, 0.5) is 4.39 Å². The maximum absolute atomic E-state index is 13.0. The second-order valence-corrected chi connectivity index (χ2v) is 5.49. The van der Waals surface area contributed by atoms with Crippen LogP contribution in [0.25, 0.3) is 0 Å². The molecular weight excluding hydrogens is 245 g/mol. The molecule has 1 aromatic rings. The lowest BCUT2D eigenvalue weighted by Gasteiger charge is -2.36. The van der Waals surface area contributed by atoms with Crippen molar-refractivity contribution in [1.82, 2.24) is 5.32 Å². The Bertz CT molecular complexity index is 474. The molecule has 1 aromatic carbocycles. The van der Waals surface area contributed by atoms with Gasteiger partial charge in [-0.25, -0.2) is 4.39 Å². The van der Waals surface area contributed by atoms with E-state index >= 15 is 0 Å². The fraction of sp³-hybridized carbons (Fsp3) is 0.533. The van der Waals surface area contributed by atoms with Crippen LogP contribution in [-0.2, 0) is 9.53 Å². The van der Waals surface area contributed by atoms with Crippen molar-refractivity contribution in [2.75, 3.05) is 7.11 Å². The first-order valence-corrected chi connectivity index (χ1v) is 6.78. The summed E-state index contributed by atoms with van der Waals surface area (Å²) in [6, 6.07) is 7.19. The number of benzene rings is 1. The van der Waals surface area contributed by atoms with E-state index in [0.717, 1.165) is 24.8 Å². The van der Waals surface area contributed by atoms with Crippen molar-refractivity contribution in [1.29, 1.82) is 0 Å². The monoisotopic (exact) mass is 263 g/mol. The first kappa shape index (κ1) is 12.6. The second kappa shape index (κ2) is 4.93. The lowest BCUT2D eigenvalue weighted by Crippen LogP contribution is -2.48. The first-order valence-electron chi connectivity index (χ1n) is 6.78. The van der Waals surface area contributed by atoms with Gasteiger partial charge in [0, 0.05) is 18.0 Å². The topological polar surface area (TPSA) is 38.3 Å². The number of esters is 1. The number of rotatable bonds is 2. The van der Waals surface area contributed by atoms with Gasteiger partial charge in [0.05, 0.1) is 13.0 Å². The first-order chi connectivity index (χ1) is 9.19. The van der Waals surface area contributed by atoms with Gasteiger partial charge in [-0.2, -0.15) is 0 Å². The van der Waals surface area contributed by atoms with Gasteiger partial charge in [0.1, 0.15) is 5.82 Å². The van der Waals surface area contributed by atoms with Crippen molar-refractivity contribution < 1.29 is 13.9 Å². The van der Waals surface area contributed by atoms with Gasteiger partial charge in [0.15, 0.2) is 0 Å². The van der Waals surface area contributed by atoms with Gasteiger partial charge in [-0.1, -0.05) is 12.1 Å². The highest BCUT2D eigenvalue weighted by atomic mass is 19.1. The van der Waals surface area contributed by atoms with Crippen LogP contribution in [0.15, 0.2) is 24.3 Å². The van der Waals surface area contributed by atoms with Crippen LogP contribution in [0.1, 0.15) is 30.7 Å². The molecule has 0 radical (unpaired) electrons. The molecule has 2 heterocycles. The largest absolute Gasteiger partial charge is 0.469 e. The van der Waals surface area contributed by atoms with Gasteiger partial charge >= 0.3 is 5.97 Å². The minimum Gasteiger partial charge on any atom is -0.469 e. The minimum absolute atomic E-state index is 0.131. The molecule has 0 amide bonds. The van der Waals surface area contributed by atoms with Crippen LogP contribution in [0, 0.1) is 11.7 Å². The summed E-state index contributed by atoms with van der Waals surface area (Å²) >= 11 is 0. The number of methoxy groups -OCH3 is 1. The van der Waals surface area contributed by atoms with E-state index < -0.39 is 0 Å². The van der Waals surface area contributed by atoms with Gasteiger partial charge in [-0.3, -0.25) is 4.79 Å². The van der Waals surface area contributed by atoms with Gasteiger partial charge in [-0.05, 0) is 37.0 Å². The van der Waals surface area contributed by atoms with E-state index in [1.807, 2.05) is 0 Å². The van der Waals surface area contributed by atoms with Crippen molar-refractivity contribution >= 4 is 5.97 Å². The predicted molar refractivity (Wildman–Crippen MR) is 69.2 cm³/mol. The molecule has 0 aromatic heterocycles. The van der Waals surface area contributed by atoms with E-state index in [2.05, 4.69) is 5.32 Å². The summed E-state index contributed by atoms with van der Waals surface area (Å²) in [7, 11) is 1.44. The van der Waals surface area contributed by atoms with E-state index in [-0.39, 0.29) is 29.7 Å². The lowest BCUT2D eigenvalue weighted by atomic mass is 9.77. The Labute approximate surface area is 112 Å². The highest BCUT2D eigenvalue weighted by Gasteiger charge is 2.46. The summed E-state index contributed by atoms with van der Waals surface area (Å²) in [6.07, 6.45) is 3.04. The fourth-order valence-corrected chi connectivity index (χ4v) is 3.57. The number of fused-ring (bicyclic) bond motifs is 2. The molecule has 1 N–H and O–H groups in total. The summed E-state index contributed by atoms with van der Waals surface area (Å²) < 4.78 is 18.0. The molecule has 2 fully saturated rings. The van der Waals surface area contributed by atoms with Gasteiger partial charge in [0.25, 0.3) is 0 Å². The third-order valence-corrected chi connectivity index (χ3v) is 4.45. The Kier molecular flexibility index (Phi) is 3.27. The average molecular weight is 263 g/mol. The molecule has 102 valence electrons. The van der Waals surface area contributed by atoms with Gasteiger partial charge < -0.3 is 10.1 Å². The molecule has 4 atom stereocenters. The molecule has 2 aliphatic rings. The smallest absolute Gasteiger partial charge is 0.310 e. The third kappa shape index (κ3) is 2.25. The molecular formula is C15H18FNO2. The van der Waals surface area contributed by atoms with Crippen molar-refractivity contribution in [3.05, 3.63) is 35.6 Å². The maximum atomic E-state index is 13.0. The van der Waals surface area contributed by atoms with Gasteiger partial charge in [0.2, 0.25) is 0 Å². The molecule has 4 heteroatoms. The molecule has 3 rings (SSSR count). The van der Waals surface area contributed by atoms with Crippen LogP contribution in [0.2, 0.25) is 0 Å². The number of carbonyl (C=O) groups excluding carboxylic acids is 1. The predicted octanol–water partition coefficient (Wildman–Crippen LogP) is 2.22. The summed E-state index contributed by atoms with van der Waals surface area (Å²) in [4.78, 5) is 12.1. The van der Waals surface area contributed by atoms with Crippen molar-refractivity contribution in [2.24, 2.45) is 5.92 Å². The third-order valence-electron chi connectivity index (χ3n) is 4.45. The number of carbonyl (C=O) groups is 1. The SMILES string of the molecule is COC(=O)C1C2CCC(C[C@@H]1c1ccc(F)cc1)N2. The minimum atomic E-state index is -0.240. The van der Waals surface area contributed by atoms with E-state index in [1.165, 1.54) is 19.2 Å². The quantitative estimate of drug-likeness (QED) is 0.831. The zero-order chi connectivity index (χ0) is 13.4. The highest BCUT2D eigenvalue weighted by Crippen LogP contribution is 2.42. The van der Waals surface area contributed by atoms with Crippen LogP contribution in [0.3, 0.4) is 0 Å². The zero-order valence-corrected chi connectivity index (χ0v) is 10.9. The molecule has 2 bridgehead atoms. The Balaban J connectivity index is 1.92. The summed E-state index contributed by atoms with van der Waals surface area (Å²) in [5.74, 6) is -0.427. The maximum Gasteiger partial charge on any atom is 0.310 e. The molecule has 2 saturated heterocycles. The summed E-state index contributed by atoms with van der Waals surface area (Å²) in [6.45, 7) is 0. The lowest BCUT2D eigenvalue weighted by molar-refractivity contribution is -0.148. The number of piperidine rings is 1. The second-order valence-electron chi connectivity index (χ2n) is 5.49. The molecule has 0 saturated carbocycles. The fourth-order valence-electron chi connectivity index (χ4n) is 3.57. The van der Waals surface area contributed by atoms with E-state index in [9.17, 15) is 9.18 Å². The zero-order valence-electron chi connectivity index (χ0n) is 10.9. The Morgan fingerprint density at radius 1 is 1.32 bits per heavy atom. The summed E-state index contributed by atoms with van der Waals surface area (Å²) in [5, 5.41) is 3.49. The number of hydrogen-bond donors (Lipinski definition) is 1. The molecule has 0 spiro atoms. The van der Waals surface area contributed by atoms with E-state index in [1.54, 1.807) is 12.1 Å². The van der Waals surface area contributed by atoms with Crippen LogP contribution < -0.4 is 5.32 Å². The van der Waals surface area contributed by atoms with E-state index in [4.69, 9.17) is 4.74 Å². The van der Waals surface area contributed by atoms with Gasteiger partial charge in [-0.15, -0.1) is 0 Å². The molecule has 3 nitrogen and oxygen atoms in total.